The van der Waals surface area contributed by atoms with Crippen LogP contribution in [0.3, 0.4) is 0 Å². The summed E-state index contributed by atoms with van der Waals surface area (Å²) in [5.74, 6) is -0.706. The Morgan fingerprint density at radius 2 is 1.12 bits per heavy atom. The maximum atomic E-state index is 13.8. The molecule has 0 spiro atoms. The quantitative estimate of drug-likeness (QED) is 0.571. The number of imidazole rings is 2. The molecule has 0 saturated heterocycles. The Morgan fingerprint density at radius 3 is 1.50 bits per heavy atom. The van der Waals surface area contributed by atoms with Gasteiger partial charge in [-0.05, 0) is 36.4 Å². The van der Waals surface area contributed by atoms with Gasteiger partial charge in [0.1, 0.15) is 11.6 Å². The van der Waals surface area contributed by atoms with Crippen LogP contribution >= 0.6 is 0 Å². The molecule has 0 N–H and O–H groups in total. The summed E-state index contributed by atoms with van der Waals surface area (Å²) >= 11 is 0. The van der Waals surface area contributed by atoms with Gasteiger partial charge in [-0.15, -0.1) is 0 Å². The van der Waals surface area contributed by atoms with Gasteiger partial charge in [0.05, 0.1) is 24.0 Å². The van der Waals surface area contributed by atoms with Crippen LogP contribution in [0.25, 0.3) is 22.5 Å². The molecule has 0 aliphatic rings. The lowest BCUT2D eigenvalue weighted by Gasteiger charge is -2.15. The lowest BCUT2D eigenvalue weighted by atomic mass is 10.0. The maximum absolute atomic E-state index is 13.8. The first-order chi connectivity index (χ1) is 11.7. The van der Waals surface area contributed by atoms with Crippen molar-refractivity contribution in [1.82, 2.24) is 19.1 Å². The first kappa shape index (κ1) is 14.3. The Kier molecular flexibility index (Phi) is 3.42. The van der Waals surface area contributed by atoms with Gasteiger partial charge in [0, 0.05) is 35.9 Å². The second-order valence-corrected chi connectivity index (χ2v) is 5.26. The van der Waals surface area contributed by atoms with E-state index in [2.05, 4.69) is 9.97 Å². The highest BCUT2D eigenvalue weighted by atomic mass is 19.1. The second-order valence-electron chi connectivity index (χ2n) is 5.26. The number of nitrogens with zero attached hydrogens (tertiary/aromatic N) is 4. The van der Waals surface area contributed by atoms with Crippen LogP contribution in [0.4, 0.5) is 8.78 Å². The smallest absolute Gasteiger partial charge is 0.125 e. The van der Waals surface area contributed by atoms with E-state index in [0.29, 0.717) is 11.4 Å². The fourth-order valence-electron chi connectivity index (χ4n) is 2.70. The van der Waals surface area contributed by atoms with Gasteiger partial charge in [0.2, 0.25) is 0 Å². The Bertz CT molecular complexity index is 895. The minimum absolute atomic E-state index is 0.353. The maximum Gasteiger partial charge on any atom is 0.125 e. The van der Waals surface area contributed by atoms with Gasteiger partial charge in [-0.3, -0.25) is 0 Å². The van der Waals surface area contributed by atoms with Gasteiger partial charge in [-0.2, -0.15) is 0 Å². The van der Waals surface area contributed by atoms with E-state index in [0.717, 1.165) is 11.1 Å². The van der Waals surface area contributed by atoms with E-state index >= 15 is 0 Å². The predicted molar refractivity (Wildman–Crippen MR) is 86.0 cm³/mol. The zero-order valence-electron chi connectivity index (χ0n) is 12.5. The molecule has 0 saturated carbocycles. The van der Waals surface area contributed by atoms with Crippen LogP contribution < -0.4 is 0 Å². The fraction of sp³-hybridized carbons (Fsp3) is 0. The molecular formula is C18H12F2N4. The van der Waals surface area contributed by atoms with Crippen molar-refractivity contribution in [1.29, 1.82) is 0 Å². The average Bonchev–Trinajstić information content (AvgIpc) is 3.29. The van der Waals surface area contributed by atoms with Crippen molar-refractivity contribution in [3.8, 4) is 22.5 Å². The molecule has 0 aliphatic carbocycles. The third kappa shape index (κ3) is 2.48. The second kappa shape index (κ2) is 5.73. The molecule has 0 amide bonds. The number of halogens is 2. The first-order valence-corrected chi connectivity index (χ1v) is 7.28. The van der Waals surface area contributed by atoms with Gasteiger partial charge in [-0.25, -0.2) is 18.7 Å². The number of hydrogen-bond donors (Lipinski definition) is 0. The summed E-state index contributed by atoms with van der Waals surface area (Å²) in [5.41, 5.74) is 2.78. The molecule has 2 aromatic carbocycles. The predicted octanol–water partition coefficient (Wildman–Crippen LogP) is 4.00. The van der Waals surface area contributed by atoms with Crippen LogP contribution in [0, 0.1) is 11.6 Å². The Morgan fingerprint density at radius 1 is 0.667 bits per heavy atom. The van der Waals surface area contributed by atoms with E-state index < -0.39 is 0 Å². The molecule has 4 aromatic rings. The van der Waals surface area contributed by atoms with Crippen LogP contribution in [0.2, 0.25) is 0 Å². The molecule has 24 heavy (non-hydrogen) atoms. The molecule has 0 aliphatic heterocycles. The summed E-state index contributed by atoms with van der Waals surface area (Å²) in [6.45, 7) is 0. The fourth-order valence-corrected chi connectivity index (χ4v) is 2.70. The summed E-state index contributed by atoms with van der Waals surface area (Å²) in [4.78, 5) is 8.03. The van der Waals surface area contributed by atoms with E-state index in [1.807, 2.05) is 0 Å². The minimum Gasteiger partial charge on any atom is -0.306 e. The molecule has 0 bridgehead atoms. The molecule has 2 aromatic heterocycles. The topological polar surface area (TPSA) is 35.6 Å². The largest absolute Gasteiger partial charge is 0.306 e. The molecule has 6 heteroatoms. The van der Waals surface area contributed by atoms with E-state index in [9.17, 15) is 8.78 Å². The third-order valence-electron chi connectivity index (χ3n) is 3.77. The van der Waals surface area contributed by atoms with Gasteiger partial charge in [0.25, 0.3) is 0 Å². The van der Waals surface area contributed by atoms with Crippen molar-refractivity contribution in [2.45, 2.75) is 0 Å². The van der Waals surface area contributed by atoms with Crippen LogP contribution in [-0.4, -0.2) is 19.1 Å². The van der Waals surface area contributed by atoms with Crippen molar-refractivity contribution in [2.24, 2.45) is 0 Å². The van der Waals surface area contributed by atoms with Crippen LogP contribution in [0.15, 0.2) is 73.8 Å². The molecule has 0 atom stereocenters. The summed E-state index contributed by atoms with van der Waals surface area (Å²) in [6.07, 6.45) is 9.90. The zero-order chi connectivity index (χ0) is 16.5. The van der Waals surface area contributed by atoms with E-state index in [1.165, 1.54) is 24.3 Å². The van der Waals surface area contributed by atoms with Crippen LogP contribution in [-0.2, 0) is 0 Å². The molecular weight excluding hydrogens is 310 g/mol. The molecule has 0 unspecified atom stereocenters. The number of hydrogen-bond acceptors (Lipinski definition) is 2. The highest BCUT2D eigenvalue weighted by Crippen LogP contribution is 2.32. The van der Waals surface area contributed by atoms with Gasteiger partial charge in [0.15, 0.2) is 0 Å². The van der Waals surface area contributed by atoms with Gasteiger partial charge >= 0.3 is 0 Å². The normalized spacial score (nSPS) is 10.9. The molecule has 2 heterocycles. The van der Waals surface area contributed by atoms with Crippen molar-refractivity contribution >= 4 is 0 Å². The zero-order valence-corrected chi connectivity index (χ0v) is 12.5. The number of aromatic nitrogens is 4. The minimum atomic E-state index is -0.353. The molecule has 118 valence electrons. The van der Waals surface area contributed by atoms with Crippen molar-refractivity contribution < 1.29 is 8.78 Å². The third-order valence-corrected chi connectivity index (χ3v) is 3.77. The highest BCUT2D eigenvalue weighted by Gasteiger charge is 2.14. The monoisotopic (exact) mass is 322 g/mol. The molecule has 4 nitrogen and oxygen atoms in total. The van der Waals surface area contributed by atoms with E-state index in [4.69, 9.17) is 0 Å². The number of rotatable bonds is 3. The highest BCUT2D eigenvalue weighted by molar-refractivity contribution is 5.79. The lowest BCUT2D eigenvalue weighted by molar-refractivity contribution is 0.625. The summed E-state index contributed by atoms with van der Waals surface area (Å²) in [6, 6.07) is 8.99. The SMILES string of the molecule is Fc1ccc(-c2ccc(F)cc2-n2ccnc2)c(-n2ccnc2)c1. The summed E-state index contributed by atoms with van der Waals surface area (Å²) in [7, 11) is 0. The average molecular weight is 322 g/mol. The summed E-state index contributed by atoms with van der Waals surface area (Å²) in [5, 5.41) is 0. The van der Waals surface area contributed by atoms with Crippen molar-refractivity contribution in [2.75, 3.05) is 0 Å². The Balaban J connectivity index is 1.98. The van der Waals surface area contributed by atoms with Crippen LogP contribution in [0.5, 0.6) is 0 Å². The Hall–Kier alpha value is -3.28. The molecule has 4 rings (SSSR count). The van der Waals surface area contributed by atoms with Gasteiger partial charge in [-0.1, -0.05) is 0 Å². The van der Waals surface area contributed by atoms with Crippen molar-refractivity contribution in [3.63, 3.8) is 0 Å². The first-order valence-electron chi connectivity index (χ1n) is 7.28. The van der Waals surface area contributed by atoms with E-state index in [1.54, 1.807) is 58.7 Å². The Labute approximate surface area is 136 Å². The van der Waals surface area contributed by atoms with Crippen LogP contribution in [0.1, 0.15) is 0 Å². The summed E-state index contributed by atoms with van der Waals surface area (Å²) < 4.78 is 31.0. The van der Waals surface area contributed by atoms with E-state index in [-0.39, 0.29) is 11.6 Å². The van der Waals surface area contributed by atoms with Crippen molar-refractivity contribution in [3.05, 3.63) is 85.5 Å². The van der Waals surface area contributed by atoms with Gasteiger partial charge < -0.3 is 9.13 Å². The molecule has 0 radical (unpaired) electrons. The molecule has 0 fully saturated rings. The standard InChI is InChI=1S/C18H12F2N4/c19-13-1-3-15(17(9-13)23-7-5-21-11-23)16-4-2-14(20)10-18(16)24-8-6-22-12-24/h1-12H. The number of benzene rings is 2. The lowest BCUT2D eigenvalue weighted by Crippen LogP contribution is -2.00.